The Morgan fingerprint density at radius 2 is 1.69 bits per heavy atom. The third-order valence-electron chi connectivity index (χ3n) is 5.54. The minimum absolute atomic E-state index is 0.0168. The van der Waals surface area contributed by atoms with Gasteiger partial charge in [-0.1, -0.05) is 11.6 Å². The van der Waals surface area contributed by atoms with Gasteiger partial charge in [-0.05, 0) is 42.5 Å². The quantitative estimate of drug-likeness (QED) is 0.333. The van der Waals surface area contributed by atoms with Crippen LogP contribution in [0.3, 0.4) is 0 Å². The fourth-order valence-corrected chi connectivity index (χ4v) is 3.93. The van der Waals surface area contributed by atoms with Gasteiger partial charge in [-0.15, -0.1) is 0 Å². The maximum Gasteiger partial charge on any atom is 0.323 e. The van der Waals surface area contributed by atoms with E-state index in [4.69, 9.17) is 21.3 Å². The van der Waals surface area contributed by atoms with Crippen LogP contribution in [-0.4, -0.2) is 42.2 Å². The van der Waals surface area contributed by atoms with Crippen molar-refractivity contribution in [3.05, 3.63) is 77.5 Å². The van der Waals surface area contributed by atoms with Gasteiger partial charge in [0, 0.05) is 49.7 Å². The lowest BCUT2D eigenvalue weighted by Crippen LogP contribution is -2.43. The van der Waals surface area contributed by atoms with Crippen molar-refractivity contribution in [2.45, 2.75) is 0 Å². The van der Waals surface area contributed by atoms with E-state index in [1.54, 1.807) is 24.4 Å². The Morgan fingerprint density at radius 3 is 2.44 bits per heavy atom. The van der Waals surface area contributed by atoms with Crippen molar-refractivity contribution in [3.8, 4) is 11.5 Å². The summed E-state index contributed by atoms with van der Waals surface area (Å²) in [7, 11) is 0. The molecular formula is C25H21ClF2N6O2. The highest BCUT2D eigenvalue weighted by Crippen LogP contribution is 2.29. The number of nitrogens with zero attached hydrogens (tertiary/aromatic N) is 3. The van der Waals surface area contributed by atoms with Gasteiger partial charge in [0.25, 0.3) is 0 Å². The topological polar surface area (TPSA) is 91.4 Å². The van der Waals surface area contributed by atoms with Gasteiger partial charge in [0.05, 0.1) is 22.3 Å². The van der Waals surface area contributed by atoms with Crippen molar-refractivity contribution in [1.29, 1.82) is 0 Å². The number of rotatable bonds is 5. The number of carbonyl (C=O) groups is 1. The minimum atomic E-state index is -0.668. The van der Waals surface area contributed by atoms with Crippen molar-refractivity contribution >= 4 is 45.9 Å². The molecule has 11 heteroatoms. The molecule has 0 bridgehead atoms. The fourth-order valence-electron chi connectivity index (χ4n) is 3.75. The Kier molecular flexibility index (Phi) is 6.79. The number of ether oxygens (including phenoxy) is 1. The first-order valence-electron chi connectivity index (χ1n) is 11.2. The SMILES string of the molecule is O=C(Nc1ccc(Oc2ccc3ncc(N4CCNCC4)nc3c2)c(F)c1)Nc1ccc(F)c(Cl)c1. The van der Waals surface area contributed by atoms with Gasteiger partial charge in [0.2, 0.25) is 0 Å². The number of fused-ring (bicyclic) bond motifs is 1. The van der Waals surface area contributed by atoms with Crippen molar-refractivity contribution < 1.29 is 18.3 Å². The van der Waals surface area contributed by atoms with Gasteiger partial charge >= 0.3 is 6.03 Å². The van der Waals surface area contributed by atoms with E-state index in [1.807, 2.05) is 0 Å². The number of hydrogen-bond donors (Lipinski definition) is 3. The molecule has 5 rings (SSSR count). The zero-order valence-corrected chi connectivity index (χ0v) is 19.6. The second-order valence-electron chi connectivity index (χ2n) is 8.07. The normalized spacial score (nSPS) is 13.5. The minimum Gasteiger partial charge on any atom is -0.454 e. The molecule has 1 aliphatic heterocycles. The lowest BCUT2D eigenvalue weighted by atomic mass is 10.2. The summed E-state index contributed by atoms with van der Waals surface area (Å²) < 4.78 is 33.7. The summed E-state index contributed by atoms with van der Waals surface area (Å²) in [5.41, 5.74) is 1.84. The number of urea groups is 1. The third kappa shape index (κ3) is 5.45. The molecule has 2 heterocycles. The lowest BCUT2D eigenvalue weighted by Gasteiger charge is -2.28. The average Bonchev–Trinajstić information content (AvgIpc) is 2.88. The molecular weight excluding hydrogens is 490 g/mol. The zero-order valence-electron chi connectivity index (χ0n) is 18.9. The standard InChI is InChI=1S/C25H21ClF2N6O2/c26-18-11-15(1-4-19(18)27)31-25(35)32-16-2-6-23(20(28)12-16)36-17-3-5-21-22(13-17)33-24(14-30-21)34-9-7-29-8-10-34/h1-6,11-14,29H,7-10H2,(H2,31,32,35). The summed E-state index contributed by atoms with van der Waals surface area (Å²) in [5.74, 6) is -0.0994. The summed E-state index contributed by atoms with van der Waals surface area (Å²) in [4.78, 5) is 23.5. The van der Waals surface area contributed by atoms with Crippen LogP contribution in [0.15, 0.2) is 60.8 Å². The average molecular weight is 511 g/mol. The Morgan fingerprint density at radius 1 is 0.944 bits per heavy atom. The summed E-state index contributed by atoms with van der Waals surface area (Å²) >= 11 is 5.72. The Balaban J connectivity index is 1.27. The van der Waals surface area contributed by atoms with Gasteiger partial charge in [-0.25, -0.2) is 18.6 Å². The van der Waals surface area contributed by atoms with Crippen LogP contribution in [-0.2, 0) is 0 Å². The molecule has 8 nitrogen and oxygen atoms in total. The predicted molar refractivity (Wildman–Crippen MR) is 135 cm³/mol. The number of nitrogens with one attached hydrogen (secondary N) is 3. The van der Waals surface area contributed by atoms with E-state index in [9.17, 15) is 13.6 Å². The van der Waals surface area contributed by atoms with Crippen LogP contribution in [0.5, 0.6) is 11.5 Å². The molecule has 184 valence electrons. The van der Waals surface area contributed by atoms with E-state index >= 15 is 0 Å². The number of aromatic nitrogens is 2. The smallest absolute Gasteiger partial charge is 0.323 e. The monoisotopic (exact) mass is 510 g/mol. The van der Waals surface area contributed by atoms with Crippen molar-refractivity contribution in [3.63, 3.8) is 0 Å². The molecule has 3 N–H and O–H groups in total. The van der Waals surface area contributed by atoms with E-state index in [2.05, 4.69) is 25.8 Å². The van der Waals surface area contributed by atoms with E-state index < -0.39 is 17.7 Å². The molecule has 2 amide bonds. The van der Waals surface area contributed by atoms with Crippen LogP contribution in [0.1, 0.15) is 0 Å². The van der Waals surface area contributed by atoms with E-state index in [1.165, 1.54) is 24.3 Å². The highest BCUT2D eigenvalue weighted by atomic mass is 35.5. The van der Waals surface area contributed by atoms with Crippen molar-refractivity contribution in [1.82, 2.24) is 15.3 Å². The number of carbonyl (C=O) groups excluding carboxylic acids is 1. The molecule has 36 heavy (non-hydrogen) atoms. The Hall–Kier alpha value is -4.02. The van der Waals surface area contributed by atoms with Gasteiger partial charge in [0.15, 0.2) is 11.6 Å². The highest BCUT2D eigenvalue weighted by Gasteiger charge is 2.14. The molecule has 0 radical (unpaired) electrons. The first-order chi connectivity index (χ1) is 17.4. The predicted octanol–water partition coefficient (Wildman–Crippen LogP) is 5.41. The van der Waals surface area contributed by atoms with Crippen LogP contribution in [0, 0.1) is 11.6 Å². The number of hydrogen-bond acceptors (Lipinski definition) is 6. The van der Waals surface area contributed by atoms with Crippen LogP contribution < -0.4 is 25.6 Å². The number of amides is 2. The van der Waals surface area contributed by atoms with Crippen LogP contribution in [0.25, 0.3) is 11.0 Å². The molecule has 1 fully saturated rings. The fraction of sp³-hybridized carbons (Fsp3) is 0.160. The Labute approximate surface area is 210 Å². The van der Waals surface area contributed by atoms with E-state index in [-0.39, 0.29) is 16.5 Å². The van der Waals surface area contributed by atoms with Crippen molar-refractivity contribution in [2.75, 3.05) is 41.7 Å². The summed E-state index contributed by atoms with van der Waals surface area (Å²) in [6.07, 6.45) is 1.75. The number of halogens is 3. The summed E-state index contributed by atoms with van der Waals surface area (Å²) in [6, 6.07) is 12.3. The van der Waals surface area contributed by atoms with Gasteiger partial charge < -0.3 is 25.6 Å². The molecule has 4 aromatic rings. The Bertz CT molecular complexity index is 1430. The third-order valence-corrected chi connectivity index (χ3v) is 5.83. The number of piperazine rings is 1. The summed E-state index contributed by atoms with van der Waals surface area (Å²) in [5, 5.41) is 8.19. The second kappa shape index (κ2) is 10.3. The maximum atomic E-state index is 14.7. The molecule has 1 aliphatic rings. The first-order valence-corrected chi connectivity index (χ1v) is 11.6. The molecule has 1 aromatic heterocycles. The molecule has 1 saturated heterocycles. The van der Waals surface area contributed by atoms with Crippen molar-refractivity contribution in [2.24, 2.45) is 0 Å². The molecule has 0 spiro atoms. The van der Waals surface area contributed by atoms with Crippen LogP contribution in [0.4, 0.5) is 30.8 Å². The molecule has 0 unspecified atom stereocenters. The molecule has 0 atom stereocenters. The molecule has 0 aliphatic carbocycles. The van der Waals surface area contributed by atoms with E-state index in [0.717, 1.165) is 44.1 Å². The zero-order chi connectivity index (χ0) is 25.1. The first kappa shape index (κ1) is 23.7. The molecule has 3 aromatic carbocycles. The highest BCUT2D eigenvalue weighted by molar-refractivity contribution is 6.31. The van der Waals surface area contributed by atoms with Crippen LogP contribution >= 0.6 is 11.6 Å². The number of anilines is 3. The second-order valence-corrected chi connectivity index (χ2v) is 8.48. The van der Waals surface area contributed by atoms with E-state index in [0.29, 0.717) is 22.5 Å². The van der Waals surface area contributed by atoms with Crippen LogP contribution in [0.2, 0.25) is 5.02 Å². The van der Waals surface area contributed by atoms with Gasteiger partial charge in [-0.3, -0.25) is 4.98 Å². The maximum absolute atomic E-state index is 14.7. The summed E-state index contributed by atoms with van der Waals surface area (Å²) in [6.45, 7) is 3.46. The van der Waals surface area contributed by atoms with Gasteiger partial charge in [-0.2, -0.15) is 0 Å². The molecule has 0 saturated carbocycles. The number of benzene rings is 3. The largest absolute Gasteiger partial charge is 0.454 e. The van der Waals surface area contributed by atoms with Gasteiger partial charge in [0.1, 0.15) is 17.4 Å². The lowest BCUT2D eigenvalue weighted by molar-refractivity contribution is 0.262.